The van der Waals surface area contributed by atoms with Gasteiger partial charge in [-0.2, -0.15) is 0 Å². The van der Waals surface area contributed by atoms with Crippen LogP contribution in [-0.4, -0.2) is 42.9 Å². The molecule has 2 unspecified atom stereocenters. The zero-order chi connectivity index (χ0) is 19.8. The predicted molar refractivity (Wildman–Crippen MR) is 111 cm³/mol. The summed E-state index contributed by atoms with van der Waals surface area (Å²) < 4.78 is 11.5. The van der Waals surface area contributed by atoms with Gasteiger partial charge < -0.3 is 9.47 Å². The lowest BCUT2D eigenvalue weighted by Gasteiger charge is -2.43. The Morgan fingerprint density at radius 1 is 1.10 bits per heavy atom. The normalized spacial score (nSPS) is 22.3. The molecule has 2 heterocycles. The van der Waals surface area contributed by atoms with Crippen LogP contribution in [0, 0.1) is 12.3 Å². The number of nitrogens with zero attached hydrogens (tertiary/aromatic N) is 1. The van der Waals surface area contributed by atoms with E-state index < -0.39 is 0 Å². The van der Waals surface area contributed by atoms with Crippen molar-refractivity contribution in [1.29, 1.82) is 0 Å². The van der Waals surface area contributed by atoms with Gasteiger partial charge in [0, 0.05) is 12.3 Å². The van der Waals surface area contributed by atoms with Crippen molar-refractivity contribution >= 4 is 6.09 Å². The van der Waals surface area contributed by atoms with E-state index >= 15 is 0 Å². The Labute approximate surface area is 171 Å². The van der Waals surface area contributed by atoms with Crippen LogP contribution in [0.1, 0.15) is 29.9 Å². The second-order valence-corrected chi connectivity index (χ2v) is 7.88. The Balaban J connectivity index is 1.35. The summed E-state index contributed by atoms with van der Waals surface area (Å²) in [6.07, 6.45) is 8.68. The second kappa shape index (κ2) is 7.42. The summed E-state index contributed by atoms with van der Waals surface area (Å²) in [5, 5.41) is 0. The zero-order valence-corrected chi connectivity index (χ0v) is 16.2. The number of morpholine rings is 1. The maximum Gasteiger partial charge on any atom is 0.410 e. The van der Waals surface area contributed by atoms with Gasteiger partial charge in [0.2, 0.25) is 0 Å². The number of ether oxygens (including phenoxy) is 2. The Morgan fingerprint density at radius 3 is 2.45 bits per heavy atom. The fourth-order valence-electron chi connectivity index (χ4n) is 4.90. The average Bonchev–Trinajstić information content (AvgIpc) is 3.05. The molecule has 1 saturated heterocycles. The van der Waals surface area contributed by atoms with E-state index in [0.717, 1.165) is 6.42 Å². The molecule has 2 aromatic carbocycles. The standard InChI is InChI=1S/C25H23NO3/c1-2-7-17-12-18-14-28-15-19(13-17)26(18)25(27)29-16-24-22-10-5-3-8-20(22)21-9-4-6-11-23(21)24/h1,3-6,8-12,18-19,24H,7,13-16H2. The van der Waals surface area contributed by atoms with E-state index in [1.807, 2.05) is 17.0 Å². The summed E-state index contributed by atoms with van der Waals surface area (Å²) in [7, 11) is 0. The van der Waals surface area contributed by atoms with E-state index in [9.17, 15) is 4.79 Å². The van der Waals surface area contributed by atoms with E-state index in [0.29, 0.717) is 26.2 Å². The molecule has 2 aromatic rings. The Morgan fingerprint density at radius 2 is 1.79 bits per heavy atom. The first-order valence-corrected chi connectivity index (χ1v) is 10.1. The van der Waals surface area contributed by atoms with Gasteiger partial charge in [-0.25, -0.2) is 4.79 Å². The number of carbonyl (C=O) groups excluding carboxylic acids is 1. The number of amides is 1. The third-order valence-electron chi connectivity index (χ3n) is 6.15. The van der Waals surface area contributed by atoms with Gasteiger partial charge in [0.25, 0.3) is 0 Å². The van der Waals surface area contributed by atoms with E-state index in [1.54, 1.807) is 0 Å². The van der Waals surface area contributed by atoms with Crippen molar-refractivity contribution in [3.05, 3.63) is 71.3 Å². The molecule has 146 valence electrons. The molecule has 29 heavy (non-hydrogen) atoms. The van der Waals surface area contributed by atoms with Crippen LogP contribution in [0.5, 0.6) is 0 Å². The minimum Gasteiger partial charge on any atom is -0.448 e. The minimum absolute atomic E-state index is 0.00208. The molecule has 0 aromatic heterocycles. The van der Waals surface area contributed by atoms with E-state index in [4.69, 9.17) is 15.9 Å². The van der Waals surface area contributed by atoms with Crippen LogP contribution in [0.3, 0.4) is 0 Å². The highest BCUT2D eigenvalue weighted by Gasteiger charge is 2.39. The number of benzene rings is 2. The predicted octanol–water partition coefficient (Wildman–Crippen LogP) is 4.36. The largest absolute Gasteiger partial charge is 0.448 e. The molecule has 0 N–H and O–H groups in total. The van der Waals surface area contributed by atoms with Gasteiger partial charge in [-0.05, 0) is 28.7 Å². The van der Waals surface area contributed by atoms with E-state index in [-0.39, 0.29) is 24.1 Å². The van der Waals surface area contributed by atoms with Crippen LogP contribution in [0.2, 0.25) is 0 Å². The maximum atomic E-state index is 13.0. The van der Waals surface area contributed by atoms with Crippen molar-refractivity contribution in [2.45, 2.75) is 30.8 Å². The highest BCUT2D eigenvalue weighted by Crippen LogP contribution is 2.44. The van der Waals surface area contributed by atoms with Gasteiger partial charge >= 0.3 is 6.09 Å². The number of hydrogen-bond donors (Lipinski definition) is 0. The molecule has 4 nitrogen and oxygen atoms in total. The molecule has 4 heteroatoms. The van der Waals surface area contributed by atoms with Crippen LogP contribution in [0.4, 0.5) is 4.79 Å². The molecule has 1 fully saturated rings. The fraction of sp³-hybridized carbons (Fsp3) is 0.320. The molecule has 5 rings (SSSR count). The number of fused-ring (bicyclic) bond motifs is 5. The monoisotopic (exact) mass is 385 g/mol. The fourth-order valence-corrected chi connectivity index (χ4v) is 4.90. The van der Waals surface area contributed by atoms with Gasteiger partial charge in [0.1, 0.15) is 6.61 Å². The Bertz CT molecular complexity index is 973. The summed E-state index contributed by atoms with van der Waals surface area (Å²) >= 11 is 0. The molecule has 1 amide bonds. The summed E-state index contributed by atoms with van der Waals surface area (Å²) in [6.45, 7) is 1.36. The van der Waals surface area contributed by atoms with Gasteiger partial charge in [-0.15, -0.1) is 12.3 Å². The van der Waals surface area contributed by atoms with Crippen molar-refractivity contribution < 1.29 is 14.3 Å². The van der Waals surface area contributed by atoms with E-state index in [2.05, 4.69) is 48.4 Å². The molecule has 0 radical (unpaired) electrons. The Kier molecular flexibility index (Phi) is 4.61. The summed E-state index contributed by atoms with van der Waals surface area (Å²) in [6, 6.07) is 16.6. The first-order valence-electron chi connectivity index (χ1n) is 10.1. The lowest BCUT2D eigenvalue weighted by molar-refractivity contribution is -0.0363. The van der Waals surface area contributed by atoms with Gasteiger partial charge in [-0.1, -0.05) is 60.2 Å². The van der Waals surface area contributed by atoms with Crippen molar-refractivity contribution in [2.24, 2.45) is 0 Å². The summed E-state index contributed by atoms with van der Waals surface area (Å²) in [4.78, 5) is 14.9. The molecule has 2 aliphatic heterocycles. The number of rotatable bonds is 3. The molecular weight excluding hydrogens is 362 g/mol. The SMILES string of the molecule is C#CCC1=CC2COCC(C1)N2C(=O)OCC1c2ccccc2-c2ccccc21. The van der Waals surface area contributed by atoms with Crippen LogP contribution in [-0.2, 0) is 9.47 Å². The van der Waals surface area contributed by atoms with Crippen LogP contribution in [0.15, 0.2) is 60.2 Å². The first kappa shape index (κ1) is 18.0. The van der Waals surface area contributed by atoms with Gasteiger partial charge in [0.15, 0.2) is 0 Å². The second-order valence-electron chi connectivity index (χ2n) is 7.88. The molecular formula is C25H23NO3. The highest BCUT2D eigenvalue weighted by atomic mass is 16.6. The zero-order valence-electron chi connectivity index (χ0n) is 16.2. The molecule has 0 spiro atoms. The number of carbonyl (C=O) groups is 1. The van der Waals surface area contributed by atoms with Crippen molar-refractivity contribution in [3.63, 3.8) is 0 Å². The van der Waals surface area contributed by atoms with Crippen LogP contribution in [0.25, 0.3) is 11.1 Å². The molecule has 1 aliphatic carbocycles. The Hall–Kier alpha value is -3.03. The lowest BCUT2D eigenvalue weighted by Crippen LogP contribution is -2.56. The number of terminal acetylenes is 1. The molecule has 0 saturated carbocycles. The topological polar surface area (TPSA) is 38.8 Å². The third kappa shape index (κ3) is 3.12. The van der Waals surface area contributed by atoms with Crippen molar-refractivity contribution in [3.8, 4) is 23.5 Å². The van der Waals surface area contributed by atoms with Crippen LogP contribution >= 0.6 is 0 Å². The number of hydrogen-bond acceptors (Lipinski definition) is 3. The first-order chi connectivity index (χ1) is 14.3. The highest BCUT2D eigenvalue weighted by molar-refractivity contribution is 5.79. The summed E-state index contributed by atoms with van der Waals surface area (Å²) in [5.74, 6) is 2.78. The molecule has 3 aliphatic rings. The molecule has 2 bridgehead atoms. The minimum atomic E-state index is -0.263. The average molecular weight is 385 g/mol. The maximum absolute atomic E-state index is 13.0. The van der Waals surface area contributed by atoms with Crippen molar-refractivity contribution in [1.82, 2.24) is 4.90 Å². The van der Waals surface area contributed by atoms with Gasteiger partial charge in [0.05, 0.1) is 25.3 Å². The third-order valence-corrected chi connectivity index (χ3v) is 6.15. The van der Waals surface area contributed by atoms with Gasteiger partial charge in [-0.3, -0.25) is 4.90 Å². The summed E-state index contributed by atoms with van der Waals surface area (Å²) in [5.41, 5.74) is 6.12. The van der Waals surface area contributed by atoms with Crippen LogP contribution < -0.4 is 0 Å². The van der Waals surface area contributed by atoms with E-state index in [1.165, 1.54) is 27.8 Å². The smallest absolute Gasteiger partial charge is 0.410 e. The lowest BCUT2D eigenvalue weighted by atomic mass is 9.93. The van der Waals surface area contributed by atoms with Crippen molar-refractivity contribution in [2.75, 3.05) is 19.8 Å². The quantitative estimate of drug-likeness (QED) is 0.582. The molecule has 2 atom stereocenters.